The molecule has 0 fully saturated rings. The number of ether oxygens (including phenoxy) is 1. The summed E-state index contributed by atoms with van der Waals surface area (Å²) in [6.45, 7) is 2.03. The highest BCUT2D eigenvalue weighted by Crippen LogP contribution is 2.40. The number of hydrogen-bond donors (Lipinski definition) is 1. The molecule has 0 radical (unpaired) electrons. The Balaban J connectivity index is 1.54. The second kappa shape index (κ2) is 7.79. The quantitative estimate of drug-likeness (QED) is 0.434. The Bertz CT molecular complexity index is 1200. The average Bonchev–Trinajstić information content (AvgIpc) is 3.19. The minimum atomic E-state index is -0.613. The van der Waals surface area contributed by atoms with E-state index >= 15 is 0 Å². The maximum atomic E-state index is 13.2. The number of anilines is 1. The summed E-state index contributed by atoms with van der Waals surface area (Å²) in [7, 11) is 0. The molecule has 0 spiro atoms. The van der Waals surface area contributed by atoms with Gasteiger partial charge in [0.05, 0.1) is 0 Å². The fourth-order valence-electron chi connectivity index (χ4n) is 3.23. The molecule has 1 atom stereocenters. The van der Waals surface area contributed by atoms with Crippen molar-refractivity contribution in [2.75, 3.05) is 11.1 Å². The van der Waals surface area contributed by atoms with Gasteiger partial charge in [0, 0.05) is 16.8 Å². The normalized spacial score (nSPS) is 14.8. The zero-order chi connectivity index (χ0) is 20.5. The lowest BCUT2D eigenvalue weighted by atomic mass is 10.1. The summed E-state index contributed by atoms with van der Waals surface area (Å²) in [4.78, 5) is 4.56. The van der Waals surface area contributed by atoms with E-state index in [0.717, 1.165) is 22.6 Å². The first-order valence-corrected chi connectivity index (χ1v) is 10.5. The lowest BCUT2D eigenvalue weighted by Crippen LogP contribution is -2.16. The van der Waals surface area contributed by atoms with Crippen LogP contribution in [0.1, 0.15) is 18.9 Å². The number of halogens is 1. The van der Waals surface area contributed by atoms with Crippen molar-refractivity contribution in [3.05, 3.63) is 72.2 Å². The second-order valence-corrected chi connectivity index (χ2v) is 7.81. The number of nitrogens with one attached hydrogen (secondary N) is 1. The Morgan fingerprint density at radius 2 is 1.87 bits per heavy atom. The van der Waals surface area contributed by atoms with E-state index in [1.54, 1.807) is 12.1 Å². The van der Waals surface area contributed by atoms with Gasteiger partial charge in [-0.25, -0.2) is 4.39 Å². The first-order chi connectivity index (χ1) is 14.7. The smallest absolute Gasteiger partial charge is 0.247 e. The summed E-state index contributed by atoms with van der Waals surface area (Å²) < 4.78 is 25.5. The molecule has 0 saturated carbocycles. The van der Waals surface area contributed by atoms with Gasteiger partial charge < -0.3 is 14.5 Å². The first-order valence-electron chi connectivity index (χ1n) is 9.47. The van der Waals surface area contributed by atoms with E-state index < -0.39 is 6.23 Å². The molecule has 8 heteroatoms. The third kappa shape index (κ3) is 3.50. The highest BCUT2D eigenvalue weighted by molar-refractivity contribution is 7.99. The molecule has 30 heavy (non-hydrogen) atoms. The van der Waals surface area contributed by atoms with Crippen molar-refractivity contribution in [2.24, 2.45) is 0 Å². The molecule has 2 aromatic heterocycles. The standard InChI is InChI=1S/C22H17FN4O2S/c1-2-30-22-25-21-19(26-27-22)15-5-3-4-6-16(15)24-20(29-21)18-12-11-17(28-18)13-7-9-14(23)10-8-13/h3-12,20,24H,2H2,1H3/t20-/m0/s1. The fourth-order valence-corrected chi connectivity index (χ4v) is 3.73. The number of nitrogens with zero attached hydrogens (tertiary/aromatic N) is 3. The molecule has 0 bridgehead atoms. The molecule has 1 aliphatic heterocycles. The molecule has 0 unspecified atom stereocenters. The Labute approximate surface area is 176 Å². The SMILES string of the molecule is CCSc1nnc2c(n1)O[C@@H](c1ccc(-c3ccc(F)cc3)o1)Nc1ccccc1-2. The number of para-hydroxylation sites is 1. The van der Waals surface area contributed by atoms with Crippen LogP contribution in [-0.4, -0.2) is 20.9 Å². The maximum absolute atomic E-state index is 13.2. The van der Waals surface area contributed by atoms with Crippen LogP contribution < -0.4 is 10.1 Å². The molecule has 6 nitrogen and oxygen atoms in total. The fraction of sp³-hybridized carbons (Fsp3) is 0.136. The number of fused-ring (bicyclic) bond motifs is 3. The minimum absolute atomic E-state index is 0.291. The van der Waals surface area contributed by atoms with Crippen LogP contribution in [0, 0.1) is 5.82 Å². The van der Waals surface area contributed by atoms with Crippen LogP contribution in [0.2, 0.25) is 0 Å². The van der Waals surface area contributed by atoms with Crippen molar-refractivity contribution < 1.29 is 13.5 Å². The topological polar surface area (TPSA) is 73.1 Å². The van der Waals surface area contributed by atoms with Crippen LogP contribution in [0.5, 0.6) is 5.88 Å². The third-order valence-electron chi connectivity index (χ3n) is 4.62. The lowest BCUT2D eigenvalue weighted by molar-refractivity contribution is 0.196. The monoisotopic (exact) mass is 420 g/mol. The average molecular weight is 420 g/mol. The number of aromatic nitrogens is 3. The van der Waals surface area contributed by atoms with Gasteiger partial charge in [0.2, 0.25) is 17.3 Å². The zero-order valence-electron chi connectivity index (χ0n) is 16.0. The molecule has 150 valence electrons. The number of rotatable bonds is 4. The molecule has 0 saturated heterocycles. The molecule has 0 amide bonds. The van der Waals surface area contributed by atoms with E-state index in [9.17, 15) is 4.39 Å². The molecular formula is C22H17FN4O2S. The number of furan rings is 1. The van der Waals surface area contributed by atoms with E-state index in [4.69, 9.17) is 9.15 Å². The van der Waals surface area contributed by atoms with Gasteiger partial charge >= 0.3 is 0 Å². The van der Waals surface area contributed by atoms with Crippen LogP contribution in [0.15, 0.2) is 70.2 Å². The summed E-state index contributed by atoms with van der Waals surface area (Å²) in [5.41, 5.74) is 3.05. The number of benzene rings is 2. The Hall–Kier alpha value is -3.39. The summed E-state index contributed by atoms with van der Waals surface area (Å²) in [5.74, 6) is 2.12. The predicted octanol–water partition coefficient (Wildman–Crippen LogP) is 5.55. The summed E-state index contributed by atoms with van der Waals surface area (Å²) in [5, 5.41) is 12.5. The molecule has 1 N–H and O–H groups in total. The van der Waals surface area contributed by atoms with Crippen molar-refractivity contribution in [3.63, 3.8) is 0 Å². The van der Waals surface area contributed by atoms with Gasteiger partial charge in [-0.1, -0.05) is 36.9 Å². The molecule has 2 aromatic carbocycles. The van der Waals surface area contributed by atoms with Crippen molar-refractivity contribution in [1.29, 1.82) is 0 Å². The van der Waals surface area contributed by atoms with E-state index in [0.29, 0.717) is 28.3 Å². The van der Waals surface area contributed by atoms with Gasteiger partial charge in [-0.3, -0.25) is 0 Å². The van der Waals surface area contributed by atoms with Crippen LogP contribution in [0.25, 0.3) is 22.6 Å². The summed E-state index contributed by atoms with van der Waals surface area (Å²) in [6.07, 6.45) is -0.613. The van der Waals surface area contributed by atoms with Crippen molar-refractivity contribution >= 4 is 17.4 Å². The third-order valence-corrected chi connectivity index (χ3v) is 5.34. The van der Waals surface area contributed by atoms with E-state index in [1.807, 2.05) is 43.3 Å². The molecule has 1 aliphatic rings. The molecule has 0 aliphatic carbocycles. The van der Waals surface area contributed by atoms with Gasteiger partial charge in [-0.2, -0.15) is 4.98 Å². The van der Waals surface area contributed by atoms with Crippen LogP contribution >= 0.6 is 11.8 Å². The van der Waals surface area contributed by atoms with Crippen molar-refractivity contribution in [3.8, 4) is 28.5 Å². The van der Waals surface area contributed by atoms with Crippen molar-refractivity contribution in [1.82, 2.24) is 15.2 Å². The highest BCUT2D eigenvalue weighted by atomic mass is 32.2. The predicted molar refractivity (Wildman–Crippen MR) is 113 cm³/mol. The summed E-state index contributed by atoms with van der Waals surface area (Å²) in [6, 6.07) is 17.6. The highest BCUT2D eigenvalue weighted by Gasteiger charge is 2.28. The second-order valence-electron chi connectivity index (χ2n) is 6.58. The minimum Gasteiger partial charge on any atom is -0.455 e. The van der Waals surface area contributed by atoms with Gasteiger partial charge in [0.15, 0.2) is 11.5 Å². The Kier molecular flexibility index (Phi) is 4.84. The van der Waals surface area contributed by atoms with Crippen molar-refractivity contribution in [2.45, 2.75) is 18.3 Å². The number of hydrogen-bond acceptors (Lipinski definition) is 7. The first kappa shape index (κ1) is 18.6. The summed E-state index contributed by atoms with van der Waals surface area (Å²) >= 11 is 1.50. The van der Waals surface area contributed by atoms with E-state index in [2.05, 4.69) is 20.5 Å². The zero-order valence-corrected chi connectivity index (χ0v) is 16.8. The lowest BCUT2D eigenvalue weighted by Gasteiger charge is -2.16. The van der Waals surface area contributed by atoms with Gasteiger partial charge in [0.25, 0.3) is 0 Å². The van der Waals surface area contributed by atoms with Gasteiger partial charge in [-0.05, 0) is 48.2 Å². The van der Waals surface area contributed by atoms with Crippen LogP contribution in [0.3, 0.4) is 0 Å². The van der Waals surface area contributed by atoms with Crippen LogP contribution in [0.4, 0.5) is 10.1 Å². The molecule has 5 rings (SSSR count). The Morgan fingerprint density at radius 3 is 2.70 bits per heavy atom. The van der Waals surface area contributed by atoms with Gasteiger partial charge in [-0.15, -0.1) is 10.2 Å². The largest absolute Gasteiger partial charge is 0.455 e. The molecule has 4 aromatic rings. The van der Waals surface area contributed by atoms with E-state index in [-0.39, 0.29) is 5.82 Å². The van der Waals surface area contributed by atoms with E-state index in [1.165, 1.54) is 23.9 Å². The maximum Gasteiger partial charge on any atom is 0.247 e. The Morgan fingerprint density at radius 1 is 1.03 bits per heavy atom. The van der Waals surface area contributed by atoms with Crippen LogP contribution in [-0.2, 0) is 0 Å². The number of thioether (sulfide) groups is 1. The van der Waals surface area contributed by atoms with Gasteiger partial charge in [0.1, 0.15) is 11.6 Å². The molecular weight excluding hydrogens is 403 g/mol. The molecule has 3 heterocycles.